The van der Waals surface area contributed by atoms with Gasteiger partial charge in [0.1, 0.15) is 12.4 Å². The molecule has 0 spiro atoms. The van der Waals surface area contributed by atoms with Gasteiger partial charge in [-0.05, 0) is 53.4 Å². The Balaban J connectivity index is 1.33. The minimum Gasteiger partial charge on any atom is -0.508 e. The first-order valence-corrected chi connectivity index (χ1v) is 10.1. The van der Waals surface area contributed by atoms with Gasteiger partial charge in [-0.15, -0.1) is 0 Å². The largest absolute Gasteiger partial charge is 0.508 e. The van der Waals surface area contributed by atoms with E-state index in [0.29, 0.717) is 5.56 Å². The third-order valence-corrected chi connectivity index (χ3v) is 5.64. The van der Waals surface area contributed by atoms with Gasteiger partial charge in [-0.25, -0.2) is 4.79 Å². The summed E-state index contributed by atoms with van der Waals surface area (Å²) in [6.45, 7) is 1.08. The number of carbonyl (C=O) groups excluding carboxylic acids is 1. The number of hydrogen-bond donors (Lipinski definition) is 3. The molecule has 30 heavy (non-hydrogen) atoms. The summed E-state index contributed by atoms with van der Waals surface area (Å²) >= 11 is 0. The van der Waals surface area contributed by atoms with Gasteiger partial charge < -0.3 is 20.1 Å². The Morgan fingerprint density at radius 3 is 2.57 bits per heavy atom. The van der Waals surface area contributed by atoms with E-state index in [1.807, 2.05) is 30.3 Å². The lowest BCUT2D eigenvalue weighted by Gasteiger charge is -2.25. The van der Waals surface area contributed by atoms with Crippen LogP contribution in [-0.2, 0) is 17.8 Å². The second-order valence-electron chi connectivity index (χ2n) is 7.56. The highest BCUT2D eigenvalue weighted by atomic mass is 16.5. The van der Waals surface area contributed by atoms with E-state index in [0.717, 1.165) is 29.6 Å². The van der Waals surface area contributed by atoms with Gasteiger partial charge in [0.25, 0.3) is 0 Å². The molecule has 3 aromatic carbocycles. The lowest BCUT2D eigenvalue weighted by Crippen LogP contribution is -2.30. The third-order valence-electron chi connectivity index (χ3n) is 5.64. The second kappa shape index (κ2) is 7.69. The first kappa shape index (κ1) is 18.5. The van der Waals surface area contributed by atoms with Crippen LogP contribution in [0.15, 0.2) is 72.8 Å². The average Bonchev–Trinajstić information content (AvgIpc) is 3.17. The van der Waals surface area contributed by atoms with E-state index < -0.39 is 0 Å². The molecule has 3 N–H and O–H groups in total. The number of ether oxygens (including phenoxy) is 1. The van der Waals surface area contributed by atoms with Gasteiger partial charge in [0.15, 0.2) is 0 Å². The standard InChI is InChI=1S/C25H22N2O3/c28-19-11-5-16(6-12-19)15-30-25(29)18-9-7-17(8-10-18)23-24-21(13-14-26-23)20-3-1-2-4-22(20)27-24/h1-12,23,26-28H,13-15H2. The Morgan fingerprint density at radius 2 is 1.77 bits per heavy atom. The molecule has 0 bridgehead atoms. The number of fused-ring (bicyclic) bond motifs is 3. The number of aromatic nitrogens is 1. The predicted octanol–water partition coefficient (Wildman–Crippen LogP) is 4.47. The predicted molar refractivity (Wildman–Crippen MR) is 116 cm³/mol. The number of esters is 1. The first-order valence-electron chi connectivity index (χ1n) is 10.1. The van der Waals surface area contributed by atoms with Crippen molar-refractivity contribution < 1.29 is 14.6 Å². The second-order valence-corrected chi connectivity index (χ2v) is 7.56. The number of carbonyl (C=O) groups is 1. The molecule has 5 heteroatoms. The molecule has 5 rings (SSSR count). The Labute approximate surface area is 174 Å². The molecule has 0 aliphatic carbocycles. The number of benzene rings is 3. The van der Waals surface area contributed by atoms with Crippen molar-refractivity contribution >= 4 is 16.9 Å². The van der Waals surface area contributed by atoms with Gasteiger partial charge in [-0.1, -0.05) is 42.5 Å². The fraction of sp³-hybridized carbons (Fsp3) is 0.160. The van der Waals surface area contributed by atoms with Gasteiger partial charge >= 0.3 is 5.97 Å². The smallest absolute Gasteiger partial charge is 0.338 e. The van der Waals surface area contributed by atoms with Crippen LogP contribution in [-0.4, -0.2) is 22.6 Å². The van der Waals surface area contributed by atoms with E-state index in [1.165, 1.54) is 16.6 Å². The Morgan fingerprint density at radius 1 is 1.00 bits per heavy atom. The van der Waals surface area contributed by atoms with Crippen LogP contribution < -0.4 is 5.32 Å². The summed E-state index contributed by atoms with van der Waals surface area (Å²) in [5.41, 5.74) is 6.18. The minimum atomic E-state index is -0.363. The number of H-pyrrole nitrogens is 1. The summed E-state index contributed by atoms with van der Waals surface area (Å²) in [4.78, 5) is 16.0. The lowest BCUT2D eigenvalue weighted by molar-refractivity contribution is 0.0472. The summed E-state index contributed by atoms with van der Waals surface area (Å²) in [5.74, 6) is -0.173. The molecule has 1 unspecified atom stereocenters. The molecule has 4 aromatic rings. The lowest BCUT2D eigenvalue weighted by atomic mass is 9.94. The quantitative estimate of drug-likeness (QED) is 0.444. The Hall–Kier alpha value is -3.57. The molecule has 1 aliphatic heterocycles. The van der Waals surface area contributed by atoms with E-state index in [1.54, 1.807) is 24.3 Å². The number of para-hydroxylation sites is 1. The molecular formula is C25H22N2O3. The molecule has 1 atom stereocenters. The Bertz CT molecular complexity index is 1190. The summed E-state index contributed by atoms with van der Waals surface area (Å²) < 4.78 is 5.39. The van der Waals surface area contributed by atoms with Crippen molar-refractivity contribution in [2.24, 2.45) is 0 Å². The molecule has 150 valence electrons. The molecule has 0 amide bonds. The fourth-order valence-corrected chi connectivity index (χ4v) is 4.10. The SMILES string of the molecule is O=C(OCc1ccc(O)cc1)c1ccc(C2NCCc3c2[nH]c2ccccc32)cc1. The number of hydrogen-bond acceptors (Lipinski definition) is 4. The van der Waals surface area contributed by atoms with Gasteiger partial charge in [-0.3, -0.25) is 0 Å². The molecule has 1 aromatic heterocycles. The molecule has 1 aliphatic rings. The van der Waals surface area contributed by atoms with Crippen molar-refractivity contribution in [1.29, 1.82) is 0 Å². The fourth-order valence-electron chi connectivity index (χ4n) is 4.10. The van der Waals surface area contributed by atoms with Crippen molar-refractivity contribution in [2.75, 3.05) is 6.54 Å². The topological polar surface area (TPSA) is 74.3 Å². The van der Waals surface area contributed by atoms with Crippen LogP contribution in [0, 0.1) is 0 Å². The van der Waals surface area contributed by atoms with E-state index >= 15 is 0 Å². The molecule has 0 saturated heterocycles. The van der Waals surface area contributed by atoms with E-state index in [9.17, 15) is 9.90 Å². The molecule has 0 saturated carbocycles. The van der Waals surface area contributed by atoms with Gasteiger partial charge in [0, 0.05) is 23.1 Å². The molecule has 2 heterocycles. The van der Waals surface area contributed by atoms with E-state index in [4.69, 9.17) is 4.74 Å². The minimum absolute atomic E-state index is 0.0724. The zero-order valence-corrected chi connectivity index (χ0v) is 16.4. The van der Waals surface area contributed by atoms with Gasteiger partial charge in [-0.2, -0.15) is 0 Å². The van der Waals surface area contributed by atoms with Crippen LogP contribution in [0.4, 0.5) is 0 Å². The van der Waals surface area contributed by atoms with Crippen LogP contribution >= 0.6 is 0 Å². The molecule has 0 radical (unpaired) electrons. The van der Waals surface area contributed by atoms with E-state index in [2.05, 4.69) is 28.5 Å². The number of aromatic amines is 1. The highest BCUT2D eigenvalue weighted by Gasteiger charge is 2.25. The van der Waals surface area contributed by atoms with Crippen molar-refractivity contribution in [3.63, 3.8) is 0 Å². The zero-order chi connectivity index (χ0) is 20.5. The molecule has 5 nitrogen and oxygen atoms in total. The van der Waals surface area contributed by atoms with Crippen LogP contribution in [0.25, 0.3) is 10.9 Å². The van der Waals surface area contributed by atoms with Gasteiger partial charge in [0.2, 0.25) is 0 Å². The summed E-state index contributed by atoms with van der Waals surface area (Å²) in [6, 6.07) is 22.7. The number of nitrogens with one attached hydrogen (secondary N) is 2. The monoisotopic (exact) mass is 398 g/mol. The number of phenols is 1. The van der Waals surface area contributed by atoms with Crippen LogP contribution in [0.1, 0.15) is 38.8 Å². The summed E-state index contributed by atoms with van der Waals surface area (Å²) in [6.07, 6.45) is 0.998. The Kier molecular flexibility index (Phi) is 4.73. The van der Waals surface area contributed by atoms with Crippen molar-refractivity contribution in [3.8, 4) is 5.75 Å². The maximum Gasteiger partial charge on any atom is 0.338 e. The molecular weight excluding hydrogens is 376 g/mol. The van der Waals surface area contributed by atoms with Crippen molar-refractivity contribution in [1.82, 2.24) is 10.3 Å². The first-order chi connectivity index (χ1) is 14.7. The highest BCUT2D eigenvalue weighted by Crippen LogP contribution is 2.33. The molecule has 0 fully saturated rings. The van der Waals surface area contributed by atoms with Crippen molar-refractivity contribution in [3.05, 3.63) is 101 Å². The highest BCUT2D eigenvalue weighted by molar-refractivity contribution is 5.89. The van der Waals surface area contributed by atoms with Crippen LogP contribution in [0.5, 0.6) is 5.75 Å². The normalized spacial score (nSPS) is 15.7. The van der Waals surface area contributed by atoms with E-state index in [-0.39, 0.29) is 24.4 Å². The maximum atomic E-state index is 12.4. The van der Waals surface area contributed by atoms with Crippen molar-refractivity contribution in [2.45, 2.75) is 19.1 Å². The van der Waals surface area contributed by atoms with Crippen LogP contribution in [0.2, 0.25) is 0 Å². The summed E-state index contributed by atoms with van der Waals surface area (Å²) in [7, 11) is 0. The zero-order valence-electron chi connectivity index (χ0n) is 16.4. The maximum absolute atomic E-state index is 12.4. The number of rotatable bonds is 4. The van der Waals surface area contributed by atoms with Crippen LogP contribution in [0.3, 0.4) is 0 Å². The average molecular weight is 398 g/mol. The van der Waals surface area contributed by atoms with Gasteiger partial charge in [0.05, 0.1) is 11.6 Å². The number of aromatic hydroxyl groups is 1. The third kappa shape index (κ3) is 3.44. The number of phenolic OH excluding ortho intramolecular Hbond substituents is 1. The summed E-state index contributed by atoms with van der Waals surface area (Å²) in [5, 5.41) is 14.2.